The van der Waals surface area contributed by atoms with Crippen molar-refractivity contribution < 1.29 is 0 Å². The van der Waals surface area contributed by atoms with Crippen LogP contribution in [-0.2, 0) is 0 Å². The van der Waals surface area contributed by atoms with E-state index < -0.39 is 0 Å². The zero-order valence-electron chi connectivity index (χ0n) is 11.8. The highest BCUT2D eigenvalue weighted by atomic mass is 15.2. The molecule has 0 amide bonds. The van der Waals surface area contributed by atoms with Gasteiger partial charge in [-0.1, -0.05) is 20.8 Å². The average molecular weight is 226 g/mol. The van der Waals surface area contributed by atoms with E-state index in [1.165, 1.54) is 25.8 Å². The molecule has 0 aromatic heterocycles. The van der Waals surface area contributed by atoms with Crippen molar-refractivity contribution in [3.8, 4) is 0 Å². The number of nitrogens with one attached hydrogen (secondary N) is 1. The summed E-state index contributed by atoms with van der Waals surface area (Å²) in [6, 6.07) is 1.62. The molecular formula is C14H30N2. The molecule has 0 radical (unpaired) electrons. The van der Waals surface area contributed by atoms with Crippen LogP contribution in [0, 0.1) is 11.8 Å². The Kier molecular flexibility index (Phi) is 5.77. The van der Waals surface area contributed by atoms with Crippen LogP contribution >= 0.6 is 0 Å². The maximum atomic E-state index is 3.30. The SMILES string of the molecule is CNCC(C)C(C)N(CCC(C)C)C1CC1. The van der Waals surface area contributed by atoms with Gasteiger partial charge in [-0.3, -0.25) is 4.90 Å². The molecule has 1 aliphatic rings. The molecule has 96 valence electrons. The molecule has 1 saturated carbocycles. The van der Waals surface area contributed by atoms with E-state index in [0.717, 1.165) is 30.5 Å². The summed E-state index contributed by atoms with van der Waals surface area (Å²) in [6.07, 6.45) is 4.19. The molecule has 2 atom stereocenters. The van der Waals surface area contributed by atoms with Gasteiger partial charge in [0.1, 0.15) is 0 Å². The fourth-order valence-corrected chi connectivity index (χ4v) is 2.35. The van der Waals surface area contributed by atoms with E-state index in [4.69, 9.17) is 0 Å². The molecule has 0 spiro atoms. The molecule has 0 aromatic carbocycles. The Morgan fingerprint density at radius 3 is 2.25 bits per heavy atom. The lowest BCUT2D eigenvalue weighted by molar-refractivity contribution is 0.144. The molecule has 2 nitrogen and oxygen atoms in total. The van der Waals surface area contributed by atoms with Crippen LogP contribution < -0.4 is 5.32 Å². The first-order chi connectivity index (χ1) is 7.56. The van der Waals surface area contributed by atoms with Crippen molar-refractivity contribution in [2.45, 2.75) is 59.0 Å². The van der Waals surface area contributed by atoms with Crippen molar-refractivity contribution in [2.75, 3.05) is 20.1 Å². The molecule has 16 heavy (non-hydrogen) atoms. The van der Waals surface area contributed by atoms with Gasteiger partial charge in [0.05, 0.1) is 0 Å². The third kappa shape index (κ3) is 4.42. The Bertz CT molecular complexity index is 187. The van der Waals surface area contributed by atoms with Gasteiger partial charge in [0, 0.05) is 12.1 Å². The van der Waals surface area contributed by atoms with Gasteiger partial charge in [-0.05, 0) is 58.2 Å². The minimum atomic E-state index is 0.721. The third-order valence-electron chi connectivity index (χ3n) is 3.85. The van der Waals surface area contributed by atoms with Crippen LogP contribution in [0.15, 0.2) is 0 Å². The van der Waals surface area contributed by atoms with Gasteiger partial charge in [0.2, 0.25) is 0 Å². The van der Waals surface area contributed by atoms with Crippen molar-refractivity contribution in [3.63, 3.8) is 0 Å². The predicted octanol–water partition coefficient (Wildman–Crippen LogP) is 2.74. The molecule has 2 unspecified atom stereocenters. The lowest BCUT2D eigenvalue weighted by Crippen LogP contribution is -2.42. The molecule has 1 rings (SSSR count). The monoisotopic (exact) mass is 226 g/mol. The molecule has 0 aromatic rings. The minimum Gasteiger partial charge on any atom is -0.319 e. The van der Waals surface area contributed by atoms with Gasteiger partial charge in [0.25, 0.3) is 0 Å². The smallest absolute Gasteiger partial charge is 0.0108 e. The highest BCUT2D eigenvalue weighted by Crippen LogP contribution is 2.31. The third-order valence-corrected chi connectivity index (χ3v) is 3.85. The fraction of sp³-hybridized carbons (Fsp3) is 1.00. The topological polar surface area (TPSA) is 15.3 Å². The van der Waals surface area contributed by atoms with Crippen molar-refractivity contribution in [1.82, 2.24) is 10.2 Å². The van der Waals surface area contributed by atoms with E-state index in [9.17, 15) is 0 Å². The maximum absolute atomic E-state index is 3.30. The number of nitrogens with zero attached hydrogens (tertiary/aromatic N) is 1. The van der Waals surface area contributed by atoms with Gasteiger partial charge in [-0.15, -0.1) is 0 Å². The minimum absolute atomic E-state index is 0.721. The maximum Gasteiger partial charge on any atom is 0.0108 e. The lowest BCUT2D eigenvalue weighted by Gasteiger charge is -2.34. The second-order valence-electron chi connectivity index (χ2n) is 5.93. The lowest BCUT2D eigenvalue weighted by atomic mass is 10.0. The van der Waals surface area contributed by atoms with Crippen molar-refractivity contribution in [3.05, 3.63) is 0 Å². The molecule has 0 saturated heterocycles. The second kappa shape index (κ2) is 6.61. The van der Waals surface area contributed by atoms with Crippen LogP contribution in [0.1, 0.15) is 47.0 Å². The largest absolute Gasteiger partial charge is 0.319 e. The van der Waals surface area contributed by atoms with E-state index in [0.29, 0.717) is 0 Å². The number of hydrogen-bond acceptors (Lipinski definition) is 2. The second-order valence-corrected chi connectivity index (χ2v) is 5.93. The first-order valence-electron chi connectivity index (χ1n) is 6.96. The first-order valence-corrected chi connectivity index (χ1v) is 6.96. The Hall–Kier alpha value is -0.0800. The highest BCUT2D eigenvalue weighted by molar-refractivity contribution is 4.89. The molecule has 0 bridgehead atoms. The highest BCUT2D eigenvalue weighted by Gasteiger charge is 2.33. The number of hydrogen-bond donors (Lipinski definition) is 1. The predicted molar refractivity (Wildman–Crippen MR) is 71.7 cm³/mol. The van der Waals surface area contributed by atoms with Crippen LogP contribution in [0.5, 0.6) is 0 Å². The summed E-state index contributed by atoms with van der Waals surface area (Å²) in [5.41, 5.74) is 0. The van der Waals surface area contributed by atoms with Crippen LogP contribution in [0.3, 0.4) is 0 Å². The fourth-order valence-electron chi connectivity index (χ4n) is 2.35. The average Bonchev–Trinajstić information content (AvgIpc) is 3.01. The van der Waals surface area contributed by atoms with Crippen molar-refractivity contribution >= 4 is 0 Å². The van der Waals surface area contributed by atoms with E-state index in [1.54, 1.807) is 0 Å². The van der Waals surface area contributed by atoms with Crippen LogP contribution in [0.4, 0.5) is 0 Å². The first kappa shape index (κ1) is 14.0. The summed E-state index contributed by atoms with van der Waals surface area (Å²) in [5.74, 6) is 1.57. The van der Waals surface area contributed by atoms with Crippen LogP contribution in [0.25, 0.3) is 0 Å². The van der Waals surface area contributed by atoms with Gasteiger partial charge >= 0.3 is 0 Å². The molecule has 0 aliphatic heterocycles. The van der Waals surface area contributed by atoms with Gasteiger partial charge in [-0.2, -0.15) is 0 Å². The van der Waals surface area contributed by atoms with Crippen molar-refractivity contribution in [1.29, 1.82) is 0 Å². The van der Waals surface area contributed by atoms with Crippen LogP contribution in [0.2, 0.25) is 0 Å². The molecule has 1 N–H and O–H groups in total. The normalized spacial score (nSPS) is 20.4. The summed E-state index contributed by atoms with van der Waals surface area (Å²) in [5, 5.41) is 3.30. The van der Waals surface area contributed by atoms with Crippen LogP contribution in [-0.4, -0.2) is 37.1 Å². The number of rotatable bonds is 8. The quantitative estimate of drug-likeness (QED) is 0.684. The summed E-state index contributed by atoms with van der Waals surface area (Å²) in [6.45, 7) is 11.8. The van der Waals surface area contributed by atoms with Gasteiger partial charge in [0.15, 0.2) is 0 Å². The summed E-state index contributed by atoms with van der Waals surface area (Å²) >= 11 is 0. The zero-order chi connectivity index (χ0) is 12.1. The summed E-state index contributed by atoms with van der Waals surface area (Å²) in [4.78, 5) is 2.75. The molecule has 1 fully saturated rings. The van der Waals surface area contributed by atoms with E-state index in [-0.39, 0.29) is 0 Å². The Morgan fingerprint density at radius 1 is 1.19 bits per heavy atom. The summed E-state index contributed by atoms with van der Waals surface area (Å²) in [7, 11) is 2.05. The van der Waals surface area contributed by atoms with Gasteiger partial charge in [-0.25, -0.2) is 0 Å². The van der Waals surface area contributed by atoms with Crippen molar-refractivity contribution in [2.24, 2.45) is 11.8 Å². The molecule has 1 aliphatic carbocycles. The molecule has 0 heterocycles. The summed E-state index contributed by atoms with van der Waals surface area (Å²) < 4.78 is 0. The van der Waals surface area contributed by atoms with E-state index >= 15 is 0 Å². The van der Waals surface area contributed by atoms with Gasteiger partial charge < -0.3 is 5.32 Å². The standard InChI is InChI=1S/C14H30N2/c1-11(2)8-9-16(14-6-7-14)13(4)12(3)10-15-5/h11-15H,6-10H2,1-5H3. The zero-order valence-corrected chi connectivity index (χ0v) is 11.8. The Morgan fingerprint density at radius 2 is 1.81 bits per heavy atom. The van der Waals surface area contributed by atoms with E-state index in [1.807, 2.05) is 0 Å². The molecule has 2 heteroatoms. The molecular weight excluding hydrogens is 196 g/mol. The van der Waals surface area contributed by atoms with E-state index in [2.05, 4.69) is 45.0 Å². The Labute approximate surface area is 102 Å². The Balaban J connectivity index is 2.41.